The van der Waals surface area contributed by atoms with Crippen LogP contribution in [0.1, 0.15) is 28.9 Å². The van der Waals surface area contributed by atoms with Crippen molar-refractivity contribution in [2.45, 2.75) is 13.3 Å². The van der Waals surface area contributed by atoms with Gasteiger partial charge in [-0.25, -0.2) is 17.5 Å². The number of halogens is 3. The molecule has 2 aromatic rings. The molecule has 0 fully saturated rings. The highest BCUT2D eigenvalue weighted by atomic mass is 19.2. The lowest BCUT2D eigenvalue weighted by Gasteiger charge is -2.12. The van der Waals surface area contributed by atoms with Crippen LogP contribution in [-0.4, -0.2) is 36.3 Å². The molecule has 0 spiro atoms. The highest BCUT2D eigenvalue weighted by molar-refractivity contribution is 6.34. The van der Waals surface area contributed by atoms with E-state index in [2.05, 4.69) is 0 Å². The second-order valence-corrected chi connectivity index (χ2v) is 6.98. The Bertz CT molecular complexity index is 1070. The maximum atomic E-state index is 13.9. The number of aryl methyl sites for hydroxylation is 1. The number of aromatic nitrogens is 1. The molecule has 1 aromatic carbocycles. The minimum absolute atomic E-state index is 0.187. The van der Waals surface area contributed by atoms with Gasteiger partial charge in [0.1, 0.15) is 6.21 Å². The molecule has 156 valence electrons. The van der Waals surface area contributed by atoms with Gasteiger partial charge < -0.3 is 15.0 Å². The summed E-state index contributed by atoms with van der Waals surface area (Å²) in [4.78, 5) is 0. The molecule has 1 aliphatic rings. The molecule has 30 heavy (non-hydrogen) atoms. The van der Waals surface area contributed by atoms with Gasteiger partial charge in [0.2, 0.25) is 0 Å². The van der Waals surface area contributed by atoms with Gasteiger partial charge in [-0.3, -0.25) is 0 Å². The first-order valence-corrected chi connectivity index (χ1v) is 9.57. The largest absolute Gasteiger partial charge is 0.934 e. The van der Waals surface area contributed by atoms with Crippen LogP contribution in [0.4, 0.5) is 13.0 Å². The SMILES string of the molecule is COc1ccc(/C=C/c2cc(C)c(C(CCN)=C3C=CC=[N+]3B(F)F)n2C)cc1F. The number of nitrogens with two attached hydrogens (primary N) is 1. The predicted molar refractivity (Wildman–Crippen MR) is 116 cm³/mol. The van der Waals surface area contributed by atoms with Crippen molar-refractivity contribution in [3.63, 3.8) is 0 Å². The molecule has 0 radical (unpaired) electrons. The number of benzene rings is 1. The van der Waals surface area contributed by atoms with Gasteiger partial charge in [-0.05, 0) is 55.3 Å². The average molecular weight is 414 g/mol. The van der Waals surface area contributed by atoms with Crippen molar-refractivity contribution in [3.05, 3.63) is 70.4 Å². The topological polar surface area (TPSA) is 43.2 Å². The summed E-state index contributed by atoms with van der Waals surface area (Å²) in [7, 11) is 0.665. The first-order valence-electron chi connectivity index (χ1n) is 9.57. The van der Waals surface area contributed by atoms with Gasteiger partial charge in [0.25, 0.3) is 0 Å². The fourth-order valence-electron chi connectivity index (χ4n) is 3.68. The van der Waals surface area contributed by atoms with Gasteiger partial charge in [-0.15, -0.1) is 0 Å². The molecule has 0 saturated carbocycles. The third-order valence-electron chi connectivity index (χ3n) is 5.06. The Hall–Kier alpha value is -3.00. The molecular weight excluding hydrogens is 390 g/mol. The van der Waals surface area contributed by atoms with Crippen molar-refractivity contribution < 1.29 is 22.2 Å². The quantitative estimate of drug-likeness (QED) is 0.688. The zero-order valence-corrected chi connectivity index (χ0v) is 17.2. The molecule has 0 unspecified atom stereocenters. The van der Waals surface area contributed by atoms with E-state index in [1.54, 1.807) is 30.4 Å². The lowest BCUT2D eigenvalue weighted by atomic mass is 10.0. The van der Waals surface area contributed by atoms with Gasteiger partial charge in [0, 0.05) is 30.5 Å². The maximum absolute atomic E-state index is 13.9. The number of hydrogen-bond acceptors (Lipinski definition) is 2. The number of allylic oxidation sites excluding steroid dienone is 2. The second-order valence-electron chi connectivity index (χ2n) is 6.98. The Kier molecular flexibility index (Phi) is 6.67. The Morgan fingerprint density at radius 2 is 2.03 bits per heavy atom. The Morgan fingerprint density at radius 1 is 1.27 bits per heavy atom. The van der Waals surface area contributed by atoms with Gasteiger partial charge >= 0.3 is 7.40 Å². The first kappa shape index (κ1) is 21.7. The summed E-state index contributed by atoms with van der Waals surface area (Å²) in [6, 6.07) is 6.70. The summed E-state index contributed by atoms with van der Waals surface area (Å²) in [5.41, 5.74) is 10.4. The normalized spacial score (nSPS) is 15.1. The van der Waals surface area contributed by atoms with Gasteiger partial charge in [-0.1, -0.05) is 12.1 Å². The summed E-state index contributed by atoms with van der Waals surface area (Å²) < 4.78 is 48.6. The van der Waals surface area contributed by atoms with Crippen molar-refractivity contribution in [2.24, 2.45) is 12.8 Å². The fourth-order valence-corrected chi connectivity index (χ4v) is 3.68. The van der Waals surface area contributed by atoms with Crippen molar-refractivity contribution in [3.8, 4) is 5.75 Å². The lowest BCUT2D eigenvalue weighted by Crippen LogP contribution is -2.21. The van der Waals surface area contributed by atoms with Gasteiger partial charge in [-0.2, -0.15) is 0 Å². The Balaban J connectivity index is 2.01. The van der Waals surface area contributed by atoms with Crippen LogP contribution < -0.4 is 10.5 Å². The molecule has 0 saturated heterocycles. The highest BCUT2D eigenvalue weighted by Crippen LogP contribution is 2.31. The monoisotopic (exact) mass is 414 g/mol. The van der Waals surface area contributed by atoms with Crippen LogP contribution in [0.5, 0.6) is 5.75 Å². The number of rotatable bonds is 7. The highest BCUT2D eigenvalue weighted by Gasteiger charge is 2.40. The zero-order valence-electron chi connectivity index (χ0n) is 17.2. The number of nitrogens with zero attached hydrogens (tertiary/aromatic N) is 2. The standard InChI is InChI=1S/C22H24BF3N3O/c1-15-13-17(8-6-16-7-9-21(30-3)19(24)14-16)28(2)22(15)18(10-11-27)20-5-4-12-29(20)23(25)26/h4-9,12-14H,10-11,27H2,1-3H3/q+1/b8-6+. The van der Waals surface area contributed by atoms with E-state index >= 15 is 0 Å². The molecule has 0 atom stereocenters. The van der Waals surface area contributed by atoms with Crippen LogP contribution in [-0.2, 0) is 7.05 Å². The summed E-state index contributed by atoms with van der Waals surface area (Å²) in [5.74, 6) is -0.248. The van der Waals surface area contributed by atoms with Crippen molar-refractivity contribution >= 4 is 31.3 Å². The zero-order chi connectivity index (χ0) is 21.8. The molecule has 0 amide bonds. The first-order chi connectivity index (χ1) is 14.4. The second kappa shape index (κ2) is 9.22. The average Bonchev–Trinajstić information content (AvgIpc) is 3.30. The van der Waals surface area contributed by atoms with Crippen molar-refractivity contribution in [2.75, 3.05) is 13.7 Å². The summed E-state index contributed by atoms with van der Waals surface area (Å²) in [5, 5.41) is 0. The smallest absolute Gasteiger partial charge is 0.494 e. The fraction of sp³-hybridized carbons (Fsp3) is 0.227. The lowest BCUT2D eigenvalue weighted by molar-refractivity contribution is -0.336. The van der Waals surface area contributed by atoms with E-state index in [4.69, 9.17) is 10.5 Å². The van der Waals surface area contributed by atoms with Crippen LogP contribution >= 0.6 is 0 Å². The van der Waals surface area contributed by atoms with Crippen molar-refractivity contribution in [1.29, 1.82) is 0 Å². The third-order valence-corrected chi connectivity index (χ3v) is 5.06. The number of ether oxygens (including phenoxy) is 1. The maximum Gasteiger partial charge on any atom is 0.934 e. The van der Waals surface area contributed by atoms with Crippen LogP contribution in [0, 0.1) is 12.7 Å². The molecule has 3 rings (SSSR count). The molecule has 0 bridgehead atoms. The molecule has 1 aliphatic heterocycles. The molecule has 2 heterocycles. The third kappa shape index (κ3) is 4.28. The summed E-state index contributed by atoms with van der Waals surface area (Å²) >= 11 is 0. The molecule has 0 aliphatic carbocycles. The number of methoxy groups -OCH3 is 1. The molecule has 1 aromatic heterocycles. The minimum Gasteiger partial charge on any atom is -0.494 e. The molecule has 4 nitrogen and oxygen atoms in total. The van der Waals surface area contributed by atoms with E-state index in [9.17, 15) is 13.0 Å². The number of hydrogen-bond donors (Lipinski definition) is 1. The van der Waals surface area contributed by atoms with E-state index in [1.165, 1.54) is 19.4 Å². The molecule has 2 N–H and O–H groups in total. The van der Waals surface area contributed by atoms with Crippen molar-refractivity contribution in [1.82, 2.24) is 4.57 Å². The van der Waals surface area contributed by atoms with E-state index < -0.39 is 13.2 Å². The van der Waals surface area contributed by atoms with Gasteiger partial charge in [0.05, 0.1) is 12.8 Å². The molecular formula is C22H24BF3N3O+. The Labute approximate surface area is 174 Å². The van der Waals surface area contributed by atoms with E-state index in [0.717, 1.165) is 27.0 Å². The summed E-state index contributed by atoms with van der Waals surface area (Å²) in [6.07, 6.45) is 8.78. The van der Waals surface area contributed by atoms with Crippen LogP contribution in [0.2, 0.25) is 0 Å². The van der Waals surface area contributed by atoms with Crippen LogP contribution in [0.15, 0.2) is 42.1 Å². The van der Waals surface area contributed by atoms with E-state index in [1.807, 2.05) is 30.7 Å². The van der Waals surface area contributed by atoms with E-state index in [-0.39, 0.29) is 5.75 Å². The minimum atomic E-state index is -2.63. The molecule has 8 heteroatoms. The van der Waals surface area contributed by atoms with Gasteiger partial charge in [0.15, 0.2) is 17.3 Å². The van der Waals surface area contributed by atoms with E-state index in [0.29, 0.717) is 24.2 Å². The Morgan fingerprint density at radius 3 is 2.67 bits per heavy atom. The van der Waals surface area contributed by atoms with Crippen LogP contribution in [0.25, 0.3) is 17.7 Å². The summed E-state index contributed by atoms with van der Waals surface area (Å²) in [6.45, 7) is 2.27. The predicted octanol–water partition coefficient (Wildman–Crippen LogP) is 4.29. The van der Waals surface area contributed by atoms with Crippen LogP contribution in [0.3, 0.4) is 0 Å².